The molecule has 170 valence electrons. The summed E-state index contributed by atoms with van der Waals surface area (Å²) in [7, 11) is 1.96. The highest BCUT2D eigenvalue weighted by atomic mass is 16.5. The molecule has 0 bridgehead atoms. The van der Waals surface area contributed by atoms with Gasteiger partial charge in [0.2, 0.25) is 0 Å². The first-order valence-electron chi connectivity index (χ1n) is 11.3. The molecule has 0 aromatic heterocycles. The van der Waals surface area contributed by atoms with E-state index in [0.717, 1.165) is 13.2 Å². The molecule has 4 N–H and O–H groups in total. The first-order valence-corrected chi connectivity index (χ1v) is 11.3. The molecule has 0 saturated carbocycles. The minimum atomic E-state index is -0.366. The lowest BCUT2D eigenvalue weighted by molar-refractivity contribution is -0.109. The van der Waals surface area contributed by atoms with E-state index in [1.54, 1.807) is 0 Å². The lowest BCUT2D eigenvalue weighted by atomic mass is 10.1. The summed E-state index contributed by atoms with van der Waals surface area (Å²) in [6, 6.07) is 19.1. The fourth-order valence-electron chi connectivity index (χ4n) is 3.06. The van der Waals surface area contributed by atoms with Crippen molar-refractivity contribution in [3.05, 3.63) is 65.7 Å². The van der Waals surface area contributed by atoms with Crippen molar-refractivity contribution < 1.29 is 9.53 Å². The van der Waals surface area contributed by atoms with Crippen molar-refractivity contribution in [2.24, 2.45) is 11.7 Å². The summed E-state index contributed by atoms with van der Waals surface area (Å²) in [5, 5.41) is 9.95. The van der Waals surface area contributed by atoms with Crippen molar-refractivity contribution in [2.75, 3.05) is 19.0 Å². The van der Waals surface area contributed by atoms with Gasteiger partial charge in [0.1, 0.15) is 12.1 Å². The third kappa shape index (κ3) is 12.6. The quantitative estimate of drug-likeness (QED) is 0.159. The van der Waals surface area contributed by atoms with Crippen LogP contribution in [0.2, 0.25) is 0 Å². The number of benzene rings is 2. The zero-order valence-electron chi connectivity index (χ0n) is 19.1. The molecule has 5 heteroatoms. The van der Waals surface area contributed by atoms with Crippen LogP contribution in [0.25, 0.3) is 0 Å². The molecule has 0 aliphatic heterocycles. The summed E-state index contributed by atoms with van der Waals surface area (Å²) < 4.78 is 5.71. The summed E-state index contributed by atoms with van der Waals surface area (Å²) in [5.74, 6) is -0.405. The zero-order chi connectivity index (χ0) is 22.7. The van der Waals surface area contributed by atoms with Crippen LogP contribution in [0.5, 0.6) is 0 Å². The van der Waals surface area contributed by atoms with Crippen LogP contribution in [0.15, 0.2) is 54.6 Å². The molecule has 0 fully saturated rings. The van der Waals surface area contributed by atoms with E-state index in [2.05, 4.69) is 53.8 Å². The number of nitrogens with one attached hydrogen (secondary N) is 2. The molecule has 0 spiro atoms. The second-order valence-electron chi connectivity index (χ2n) is 7.61. The highest BCUT2D eigenvalue weighted by molar-refractivity contribution is 5.92. The summed E-state index contributed by atoms with van der Waals surface area (Å²) in [5.41, 5.74) is 8.90. The molecule has 0 heterocycles. The number of aldehydes is 1. The van der Waals surface area contributed by atoms with Gasteiger partial charge >= 0.3 is 0 Å². The normalized spacial score (nSPS) is 11.2. The van der Waals surface area contributed by atoms with Crippen LogP contribution < -0.4 is 11.1 Å². The van der Waals surface area contributed by atoms with Gasteiger partial charge in [0.05, 0.1) is 12.5 Å². The van der Waals surface area contributed by atoms with Crippen molar-refractivity contribution in [3.8, 4) is 0 Å². The number of hydrogen-bond donors (Lipinski definition) is 3. The van der Waals surface area contributed by atoms with Crippen molar-refractivity contribution >= 4 is 17.8 Å². The number of carbonyl (C=O) groups is 1. The molecule has 0 aliphatic rings. The molecule has 0 aliphatic carbocycles. The van der Waals surface area contributed by atoms with Crippen LogP contribution in [0.3, 0.4) is 0 Å². The highest BCUT2D eigenvalue weighted by Gasteiger charge is 2.05. The van der Waals surface area contributed by atoms with Crippen molar-refractivity contribution in [1.82, 2.24) is 0 Å². The van der Waals surface area contributed by atoms with E-state index in [9.17, 15) is 4.79 Å². The number of ether oxygens (including phenoxy) is 1. The van der Waals surface area contributed by atoms with Gasteiger partial charge in [-0.1, -0.05) is 68.7 Å². The number of rotatable bonds is 14. The monoisotopic (exact) mass is 425 g/mol. The van der Waals surface area contributed by atoms with E-state index in [1.165, 1.54) is 55.3 Å². The Hall–Kier alpha value is -2.66. The molecule has 0 amide bonds. The topological polar surface area (TPSA) is 88.2 Å². The molecular formula is C26H39N3O2. The second kappa shape index (κ2) is 17.1. The Kier molecular flexibility index (Phi) is 14.5. The molecule has 31 heavy (non-hydrogen) atoms. The number of anilines is 1. The number of aryl methyl sites for hydroxylation is 1. The number of amidine groups is 1. The number of hydrogen-bond acceptors (Lipinski definition) is 4. The Balaban J connectivity index is 0.000000512. The largest absolute Gasteiger partial charge is 0.388 e. The van der Waals surface area contributed by atoms with E-state index >= 15 is 0 Å². The van der Waals surface area contributed by atoms with Gasteiger partial charge < -0.3 is 20.6 Å². The van der Waals surface area contributed by atoms with Crippen LogP contribution in [0, 0.1) is 11.3 Å². The van der Waals surface area contributed by atoms with E-state index < -0.39 is 0 Å². The average Bonchev–Trinajstić information content (AvgIpc) is 2.80. The first kappa shape index (κ1) is 26.4. The summed E-state index contributed by atoms with van der Waals surface area (Å²) in [4.78, 5) is 9.96. The Morgan fingerprint density at radius 2 is 1.65 bits per heavy atom. The Morgan fingerprint density at radius 1 is 1.00 bits per heavy atom. The van der Waals surface area contributed by atoms with Gasteiger partial charge in [-0.2, -0.15) is 0 Å². The van der Waals surface area contributed by atoms with Crippen LogP contribution in [-0.4, -0.2) is 25.8 Å². The molecule has 1 unspecified atom stereocenters. The van der Waals surface area contributed by atoms with Crippen LogP contribution in [0.4, 0.5) is 5.69 Å². The SMILES string of the molecule is CCC(C=O)C(=N)N.CNc1ccc(CCCCCCCOCc2ccccc2)cc1. The second-order valence-corrected chi connectivity index (χ2v) is 7.61. The van der Waals surface area contributed by atoms with Crippen LogP contribution in [0.1, 0.15) is 56.6 Å². The molecule has 0 radical (unpaired) electrons. The molecule has 0 saturated heterocycles. The van der Waals surface area contributed by atoms with E-state index in [-0.39, 0.29) is 11.8 Å². The fraction of sp³-hybridized carbons (Fsp3) is 0.462. The average molecular weight is 426 g/mol. The van der Waals surface area contributed by atoms with Crippen LogP contribution >= 0.6 is 0 Å². The van der Waals surface area contributed by atoms with Crippen molar-refractivity contribution in [3.63, 3.8) is 0 Å². The van der Waals surface area contributed by atoms with E-state index in [0.29, 0.717) is 12.7 Å². The highest BCUT2D eigenvalue weighted by Crippen LogP contribution is 2.13. The van der Waals surface area contributed by atoms with Gasteiger partial charge in [0.15, 0.2) is 0 Å². The molecule has 1 atom stereocenters. The zero-order valence-corrected chi connectivity index (χ0v) is 19.1. The fourth-order valence-corrected chi connectivity index (χ4v) is 3.06. The lowest BCUT2D eigenvalue weighted by Crippen LogP contribution is -2.22. The predicted octanol–water partition coefficient (Wildman–Crippen LogP) is 5.59. The third-order valence-electron chi connectivity index (χ3n) is 5.11. The maximum absolute atomic E-state index is 9.96. The van der Waals surface area contributed by atoms with Crippen molar-refractivity contribution in [1.29, 1.82) is 5.41 Å². The standard InChI is InChI=1S/C21H29NO.C5H10N2O/c1-22-21-15-13-19(14-16-21)10-6-3-2-4-9-17-23-18-20-11-7-5-8-12-20;1-2-4(3-8)5(6)7/h5,7-8,11-16,22H,2-4,6,9-10,17-18H2,1H3;3-4H,2H2,1H3,(H3,6,7). The minimum Gasteiger partial charge on any atom is -0.388 e. The Bertz CT molecular complexity index is 717. The van der Waals surface area contributed by atoms with E-state index in [1.807, 2.05) is 20.0 Å². The van der Waals surface area contributed by atoms with Gasteiger partial charge in [-0.05, 0) is 48.9 Å². The summed E-state index contributed by atoms with van der Waals surface area (Å²) in [6.45, 7) is 3.43. The predicted molar refractivity (Wildman–Crippen MR) is 131 cm³/mol. The van der Waals surface area contributed by atoms with E-state index in [4.69, 9.17) is 15.9 Å². The molecule has 2 rings (SSSR count). The summed E-state index contributed by atoms with van der Waals surface area (Å²) >= 11 is 0. The number of unbranched alkanes of at least 4 members (excludes halogenated alkanes) is 4. The van der Waals surface area contributed by atoms with Crippen molar-refractivity contribution in [2.45, 2.75) is 58.5 Å². The maximum Gasteiger partial charge on any atom is 0.130 e. The lowest BCUT2D eigenvalue weighted by Gasteiger charge is -2.05. The van der Waals surface area contributed by atoms with Gasteiger partial charge in [-0.15, -0.1) is 0 Å². The molecule has 2 aromatic rings. The van der Waals surface area contributed by atoms with Gasteiger partial charge in [-0.25, -0.2) is 0 Å². The third-order valence-corrected chi connectivity index (χ3v) is 5.11. The number of carbonyl (C=O) groups excluding carboxylic acids is 1. The maximum atomic E-state index is 9.96. The first-order chi connectivity index (χ1) is 15.1. The van der Waals surface area contributed by atoms with Gasteiger partial charge in [-0.3, -0.25) is 5.41 Å². The van der Waals surface area contributed by atoms with Gasteiger partial charge in [0, 0.05) is 19.3 Å². The Labute approximate surface area is 187 Å². The van der Waals surface area contributed by atoms with Gasteiger partial charge in [0.25, 0.3) is 0 Å². The molecular weight excluding hydrogens is 386 g/mol. The number of nitrogens with two attached hydrogens (primary N) is 1. The molecule has 5 nitrogen and oxygen atoms in total. The minimum absolute atomic E-state index is 0.0394. The summed E-state index contributed by atoms with van der Waals surface area (Å²) in [6.07, 6.45) is 8.85. The smallest absolute Gasteiger partial charge is 0.130 e. The Morgan fingerprint density at radius 3 is 2.19 bits per heavy atom. The van der Waals surface area contributed by atoms with Crippen LogP contribution in [-0.2, 0) is 22.6 Å². The molecule has 2 aromatic carbocycles.